The number of benzene rings is 3. The van der Waals surface area contributed by atoms with Crippen molar-refractivity contribution < 1.29 is 13.3 Å². The summed E-state index contributed by atoms with van der Waals surface area (Å²) in [5.74, 6) is 0.0297. The van der Waals surface area contributed by atoms with Crippen molar-refractivity contribution in [3.05, 3.63) is 107 Å². The zero-order chi connectivity index (χ0) is 24.7. The van der Waals surface area contributed by atoms with Gasteiger partial charge in [-0.25, -0.2) is 8.78 Å². The van der Waals surface area contributed by atoms with Crippen molar-refractivity contribution in [2.75, 3.05) is 4.90 Å². The standard InChI is InChI=1S/C27H22F2N4OS/c1-15-4-6-18(7-5-15)24-23(26-31-25(32-34-26)19-8-10-20(28)11-9-19)17(3)33(27(35)30-24)21-12-13-22(29)16(2)14-21/h4-14,24H,1-3H3,(H,30,35). The first-order chi connectivity index (χ1) is 16.8. The summed E-state index contributed by atoms with van der Waals surface area (Å²) in [6.07, 6.45) is 0. The molecule has 1 aromatic heterocycles. The zero-order valence-corrected chi connectivity index (χ0v) is 20.2. The van der Waals surface area contributed by atoms with E-state index >= 15 is 0 Å². The van der Waals surface area contributed by atoms with Crippen molar-refractivity contribution in [2.45, 2.75) is 26.8 Å². The molecule has 1 N–H and O–H groups in total. The highest BCUT2D eigenvalue weighted by Gasteiger charge is 2.35. The topological polar surface area (TPSA) is 54.2 Å². The van der Waals surface area contributed by atoms with Gasteiger partial charge in [0.25, 0.3) is 5.89 Å². The Morgan fingerprint density at radius 3 is 2.34 bits per heavy atom. The van der Waals surface area contributed by atoms with Crippen LogP contribution >= 0.6 is 12.2 Å². The Balaban J connectivity index is 1.65. The quantitative estimate of drug-likeness (QED) is 0.331. The summed E-state index contributed by atoms with van der Waals surface area (Å²) in [5.41, 5.74) is 5.49. The molecule has 0 bridgehead atoms. The molecule has 0 radical (unpaired) electrons. The number of halogens is 2. The van der Waals surface area contributed by atoms with E-state index in [0.29, 0.717) is 28.0 Å². The molecule has 35 heavy (non-hydrogen) atoms. The fourth-order valence-electron chi connectivity index (χ4n) is 4.16. The molecule has 8 heteroatoms. The molecular weight excluding hydrogens is 466 g/mol. The number of allylic oxidation sites excluding steroid dienone is 1. The van der Waals surface area contributed by atoms with Crippen LogP contribution in [0.25, 0.3) is 17.0 Å². The first-order valence-corrected chi connectivity index (χ1v) is 11.5. The van der Waals surface area contributed by atoms with Crippen LogP contribution in [0.5, 0.6) is 0 Å². The lowest BCUT2D eigenvalue weighted by molar-refractivity contribution is 0.404. The molecule has 1 aliphatic rings. The van der Waals surface area contributed by atoms with E-state index in [1.165, 1.54) is 18.2 Å². The minimum absolute atomic E-state index is 0.287. The number of thiocarbonyl (C=S) groups is 1. The Hall–Kier alpha value is -3.91. The maximum atomic E-state index is 14.0. The van der Waals surface area contributed by atoms with Crippen LogP contribution in [0, 0.1) is 25.5 Å². The van der Waals surface area contributed by atoms with Crippen molar-refractivity contribution in [3.63, 3.8) is 0 Å². The Labute approximate surface area is 207 Å². The molecule has 0 aliphatic carbocycles. The van der Waals surface area contributed by atoms with Gasteiger partial charge in [-0.05, 0) is 86.6 Å². The van der Waals surface area contributed by atoms with Crippen LogP contribution in [-0.4, -0.2) is 15.3 Å². The maximum Gasteiger partial charge on any atom is 0.258 e. The molecular formula is C27H22F2N4OS. The van der Waals surface area contributed by atoms with Crippen LogP contribution in [0.4, 0.5) is 14.5 Å². The number of aromatic nitrogens is 2. The van der Waals surface area contributed by atoms with Gasteiger partial charge in [0.1, 0.15) is 11.6 Å². The van der Waals surface area contributed by atoms with Gasteiger partial charge in [0, 0.05) is 16.9 Å². The second-order valence-corrected chi connectivity index (χ2v) is 8.88. The van der Waals surface area contributed by atoms with Gasteiger partial charge >= 0.3 is 0 Å². The normalized spacial score (nSPS) is 16.0. The second-order valence-electron chi connectivity index (χ2n) is 8.49. The molecule has 2 heterocycles. The van der Waals surface area contributed by atoms with Crippen LogP contribution in [0.1, 0.15) is 35.5 Å². The summed E-state index contributed by atoms with van der Waals surface area (Å²) in [6.45, 7) is 5.65. The highest BCUT2D eigenvalue weighted by Crippen LogP contribution is 2.39. The summed E-state index contributed by atoms with van der Waals surface area (Å²) < 4.78 is 33.1. The first kappa shape index (κ1) is 22.9. The molecule has 5 rings (SSSR count). The highest BCUT2D eigenvalue weighted by molar-refractivity contribution is 7.80. The molecule has 0 spiro atoms. The third-order valence-electron chi connectivity index (χ3n) is 6.05. The Morgan fingerprint density at radius 2 is 1.66 bits per heavy atom. The average molecular weight is 489 g/mol. The number of nitrogens with zero attached hydrogens (tertiary/aromatic N) is 3. The Morgan fingerprint density at radius 1 is 0.943 bits per heavy atom. The van der Waals surface area contributed by atoms with Crippen molar-refractivity contribution in [1.82, 2.24) is 15.5 Å². The monoisotopic (exact) mass is 488 g/mol. The lowest BCUT2D eigenvalue weighted by atomic mass is 9.94. The van der Waals surface area contributed by atoms with Crippen molar-refractivity contribution in [3.8, 4) is 11.4 Å². The number of nitrogens with one attached hydrogen (secondary N) is 1. The molecule has 0 amide bonds. The van der Waals surface area contributed by atoms with Crippen molar-refractivity contribution in [1.29, 1.82) is 0 Å². The number of rotatable bonds is 4. The van der Waals surface area contributed by atoms with Crippen LogP contribution < -0.4 is 10.2 Å². The number of hydrogen-bond donors (Lipinski definition) is 1. The van der Waals surface area contributed by atoms with Gasteiger partial charge in [0.15, 0.2) is 5.11 Å². The first-order valence-electron chi connectivity index (χ1n) is 11.1. The summed E-state index contributed by atoms with van der Waals surface area (Å²) in [4.78, 5) is 6.47. The van der Waals surface area contributed by atoms with E-state index in [1.807, 2.05) is 43.0 Å². The molecule has 1 aliphatic heterocycles. The predicted octanol–water partition coefficient (Wildman–Crippen LogP) is 6.50. The minimum atomic E-state index is -0.345. The van der Waals surface area contributed by atoms with E-state index in [4.69, 9.17) is 16.7 Å². The minimum Gasteiger partial charge on any atom is -0.351 e. The second kappa shape index (κ2) is 9.03. The molecule has 3 aromatic carbocycles. The summed E-state index contributed by atoms with van der Waals surface area (Å²) in [5, 5.41) is 8.01. The molecule has 0 fully saturated rings. The number of anilines is 1. The van der Waals surface area contributed by atoms with Gasteiger partial charge in [0.05, 0.1) is 11.6 Å². The molecule has 0 saturated carbocycles. The van der Waals surface area contributed by atoms with Crippen molar-refractivity contribution >= 4 is 28.6 Å². The molecule has 0 saturated heterocycles. The summed E-state index contributed by atoms with van der Waals surface area (Å²) in [6, 6.07) is 18.5. The van der Waals surface area contributed by atoms with E-state index < -0.39 is 0 Å². The zero-order valence-electron chi connectivity index (χ0n) is 19.3. The summed E-state index contributed by atoms with van der Waals surface area (Å²) in [7, 11) is 0. The van der Waals surface area contributed by atoms with E-state index in [9.17, 15) is 8.78 Å². The maximum absolute atomic E-state index is 14.0. The van der Waals surface area contributed by atoms with E-state index in [2.05, 4.69) is 15.5 Å². The van der Waals surface area contributed by atoms with E-state index in [-0.39, 0.29) is 17.7 Å². The third-order valence-corrected chi connectivity index (χ3v) is 6.35. The summed E-state index contributed by atoms with van der Waals surface area (Å²) >= 11 is 5.75. The highest BCUT2D eigenvalue weighted by atomic mass is 32.1. The molecule has 5 nitrogen and oxygen atoms in total. The van der Waals surface area contributed by atoms with Crippen LogP contribution in [0.15, 0.2) is 77.0 Å². The van der Waals surface area contributed by atoms with Crippen LogP contribution in [0.3, 0.4) is 0 Å². The molecule has 176 valence electrons. The number of hydrogen-bond acceptors (Lipinski definition) is 4. The average Bonchev–Trinajstić information content (AvgIpc) is 3.31. The molecule has 1 atom stereocenters. The lowest BCUT2D eigenvalue weighted by Gasteiger charge is -2.37. The Kier molecular flexibility index (Phi) is 5.90. The predicted molar refractivity (Wildman–Crippen MR) is 136 cm³/mol. The van der Waals surface area contributed by atoms with Crippen molar-refractivity contribution in [2.24, 2.45) is 0 Å². The fourth-order valence-corrected chi connectivity index (χ4v) is 4.52. The van der Waals surface area contributed by atoms with Crippen LogP contribution in [0.2, 0.25) is 0 Å². The van der Waals surface area contributed by atoms with Gasteiger partial charge in [-0.2, -0.15) is 4.98 Å². The lowest BCUT2D eigenvalue weighted by Crippen LogP contribution is -2.46. The van der Waals surface area contributed by atoms with Gasteiger partial charge < -0.3 is 9.84 Å². The van der Waals surface area contributed by atoms with Gasteiger partial charge in [-0.1, -0.05) is 35.0 Å². The SMILES string of the molecule is CC1=C(c2nc(-c3ccc(F)cc3)no2)C(c2ccc(C)cc2)NC(=S)N1c1ccc(F)c(C)c1. The molecule has 1 unspecified atom stereocenters. The third kappa shape index (κ3) is 4.33. The van der Waals surface area contributed by atoms with Crippen LogP contribution in [-0.2, 0) is 0 Å². The smallest absolute Gasteiger partial charge is 0.258 e. The van der Waals surface area contributed by atoms with E-state index in [1.54, 1.807) is 31.2 Å². The van der Waals surface area contributed by atoms with Gasteiger partial charge in [-0.3, -0.25) is 4.90 Å². The Bertz CT molecular complexity index is 1450. The van der Waals surface area contributed by atoms with E-state index in [0.717, 1.165) is 28.1 Å². The van der Waals surface area contributed by atoms with Gasteiger partial charge in [-0.15, -0.1) is 0 Å². The molecule has 4 aromatic rings. The number of aryl methyl sites for hydroxylation is 2. The fraction of sp³-hybridized carbons (Fsp3) is 0.148. The van der Waals surface area contributed by atoms with Gasteiger partial charge in [0.2, 0.25) is 5.82 Å². The largest absolute Gasteiger partial charge is 0.351 e.